The number of hydrogen-bond donors (Lipinski definition) is 2. The van der Waals surface area contributed by atoms with E-state index in [1.165, 1.54) is 82.3 Å². The van der Waals surface area contributed by atoms with E-state index in [1.54, 1.807) is 0 Å². The maximum absolute atomic E-state index is 11.2. The summed E-state index contributed by atoms with van der Waals surface area (Å²) in [4.78, 5) is 0. The molecule has 0 heterocycles. The largest absolute Gasteiger partial charge is 0.508 e. The molecule has 8 rings (SSSR count). The van der Waals surface area contributed by atoms with E-state index in [0.29, 0.717) is 23.3 Å². The van der Waals surface area contributed by atoms with Crippen LogP contribution in [-0.4, -0.2) is 10.2 Å². The molecule has 0 aliphatic heterocycles. The molecule has 2 fully saturated rings. The first-order valence-electron chi connectivity index (χ1n) is 16.2. The van der Waals surface area contributed by atoms with Gasteiger partial charge in [0.25, 0.3) is 0 Å². The summed E-state index contributed by atoms with van der Waals surface area (Å²) in [6, 6.07) is 31.1. The molecule has 0 radical (unpaired) electrons. The second-order valence-electron chi connectivity index (χ2n) is 13.3. The average Bonchev–Trinajstić information content (AvgIpc) is 3.05. The Morgan fingerprint density at radius 2 is 1.05 bits per heavy atom. The molecule has 5 aromatic carbocycles. The van der Waals surface area contributed by atoms with Gasteiger partial charge in [-0.1, -0.05) is 111 Å². The van der Waals surface area contributed by atoms with Crippen molar-refractivity contribution in [3.63, 3.8) is 0 Å². The number of rotatable bonds is 4. The first kappa shape index (κ1) is 25.9. The summed E-state index contributed by atoms with van der Waals surface area (Å²) < 4.78 is 0. The van der Waals surface area contributed by atoms with Crippen LogP contribution in [0.3, 0.4) is 0 Å². The minimum absolute atomic E-state index is 0.406. The molecule has 0 atom stereocenters. The molecule has 3 aliphatic carbocycles. The summed E-state index contributed by atoms with van der Waals surface area (Å²) >= 11 is 0. The maximum atomic E-state index is 11.2. The molecule has 0 aromatic heterocycles. The van der Waals surface area contributed by atoms with Crippen molar-refractivity contribution >= 4 is 21.5 Å². The van der Waals surface area contributed by atoms with E-state index in [4.69, 9.17) is 0 Å². The zero-order chi connectivity index (χ0) is 28.3. The lowest BCUT2D eigenvalue weighted by molar-refractivity contribution is 0.412. The molecule has 0 unspecified atom stereocenters. The fourth-order valence-corrected chi connectivity index (χ4v) is 8.92. The molecule has 2 nitrogen and oxygen atoms in total. The summed E-state index contributed by atoms with van der Waals surface area (Å²) in [7, 11) is 0. The van der Waals surface area contributed by atoms with Gasteiger partial charge >= 0.3 is 0 Å². The van der Waals surface area contributed by atoms with E-state index in [0.717, 1.165) is 43.2 Å². The van der Waals surface area contributed by atoms with Gasteiger partial charge in [0.2, 0.25) is 0 Å². The Hall–Kier alpha value is -3.78. The predicted octanol–water partition coefficient (Wildman–Crippen LogP) is 10.4. The van der Waals surface area contributed by atoms with Crippen LogP contribution in [0.4, 0.5) is 0 Å². The summed E-state index contributed by atoms with van der Waals surface area (Å²) in [5, 5.41) is 27.7. The Kier molecular flexibility index (Phi) is 6.28. The molecule has 2 N–H and O–H groups in total. The van der Waals surface area contributed by atoms with Gasteiger partial charge in [-0.2, -0.15) is 0 Å². The SMILES string of the molecule is Oc1ccc(C2(c3ccc(O)c(C4CCCCC4)c3)Cc3cccc4ccc5cccc2c5c34)cc1C1CCCCC1. The van der Waals surface area contributed by atoms with Gasteiger partial charge in [0, 0.05) is 5.41 Å². The molecular weight excluding hydrogens is 512 g/mol. The van der Waals surface area contributed by atoms with Gasteiger partial charge in [-0.3, -0.25) is 0 Å². The van der Waals surface area contributed by atoms with Crippen molar-refractivity contribution in [3.8, 4) is 11.5 Å². The monoisotopic (exact) mass is 552 g/mol. The second-order valence-corrected chi connectivity index (χ2v) is 13.3. The summed E-state index contributed by atoms with van der Waals surface area (Å²) in [5.41, 5.74) is 7.00. The van der Waals surface area contributed by atoms with E-state index in [9.17, 15) is 10.2 Å². The van der Waals surface area contributed by atoms with Crippen molar-refractivity contribution in [2.45, 2.75) is 87.9 Å². The van der Waals surface area contributed by atoms with Crippen molar-refractivity contribution in [2.75, 3.05) is 0 Å². The molecule has 2 saturated carbocycles. The standard InChI is InChI=1S/C40H40O2/c41-36-21-19-31(23-33(36)26-9-3-1-4-10-26)40(32-20-22-37(42)34(24-32)27-11-5-2-6-12-27)25-30-15-7-13-28-17-18-29-14-8-16-35(40)39(29)38(28)30/h7-8,13-24,26-27,41-42H,1-6,9-12,25H2. The molecule has 0 saturated heterocycles. The lowest BCUT2D eigenvalue weighted by atomic mass is 9.61. The third-order valence-electron chi connectivity index (χ3n) is 11.0. The van der Waals surface area contributed by atoms with Crippen LogP contribution in [0, 0.1) is 0 Å². The van der Waals surface area contributed by atoms with E-state index < -0.39 is 5.41 Å². The molecule has 0 spiro atoms. The molecular formula is C40H40O2. The fraction of sp³-hybridized carbons (Fsp3) is 0.350. The minimum Gasteiger partial charge on any atom is -0.508 e. The summed E-state index contributed by atoms with van der Waals surface area (Å²) in [5.74, 6) is 1.68. The van der Waals surface area contributed by atoms with Gasteiger partial charge in [0.05, 0.1) is 0 Å². The van der Waals surface area contributed by atoms with Crippen molar-refractivity contribution < 1.29 is 10.2 Å². The Labute approximate surface area is 249 Å². The lowest BCUT2D eigenvalue weighted by Gasteiger charge is -2.41. The Morgan fingerprint density at radius 1 is 0.524 bits per heavy atom. The van der Waals surface area contributed by atoms with Crippen LogP contribution in [0.25, 0.3) is 21.5 Å². The van der Waals surface area contributed by atoms with Crippen molar-refractivity contribution in [3.05, 3.63) is 118 Å². The number of phenolic OH excluding ortho intramolecular Hbond substituents is 2. The van der Waals surface area contributed by atoms with Crippen molar-refractivity contribution in [2.24, 2.45) is 0 Å². The van der Waals surface area contributed by atoms with Crippen molar-refractivity contribution in [1.29, 1.82) is 0 Å². The first-order chi connectivity index (χ1) is 20.6. The first-order valence-corrected chi connectivity index (χ1v) is 16.2. The third kappa shape index (κ3) is 3.98. The van der Waals surface area contributed by atoms with Gasteiger partial charge in [0.1, 0.15) is 11.5 Å². The second kappa shape index (κ2) is 10.2. The highest BCUT2D eigenvalue weighted by molar-refractivity contribution is 6.12. The molecule has 2 heteroatoms. The van der Waals surface area contributed by atoms with E-state index >= 15 is 0 Å². The number of hydrogen-bond acceptors (Lipinski definition) is 2. The van der Waals surface area contributed by atoms with Crippen LogP contribution in [0.5, 0.6) is 11.5 Å². The maximum Gasteiger partial charge on any atom is 0.119 e. The molecule has 42 heavy (non-hydrogen) atoms. The van der Waals surface area contributed by atoms with Gasteiger partial charge < -0.3 is 10.2 Å². The number of aromatic hydroxyl groups is 2. The quantitative estimate of drug-likeness (QED) is 0.218. The summed E-state index contributed by atoms with van der Waals surface area (Å²) in [6.45, 7) is 0. The Balaban J connectivity index is 1.43. The van der Waals surface area contributed by atoms with E-state index in [2.05, 4.69) is 72.8 Å². The van der Waals surface area contributed by atoms with Crippen LogP contribution in [0.15, 0.2) is 84.9 Å². The number of phenols is 2. The van der Waals surface area contributed by atoms with Gasteiger partial charge in [-0.25, -0.2) is 0 Å². The highest BCUT2D eigenvalue weighted by Crippen LogP contribution is 2.53. The predicted molar refractivity (Wildman–Crippen MR) is 173 cm³/mol. The van der Waals surface area contributed by atoms with Gasteiger partial charge in [-0.15, -0.1) is 0 Å². The van der Waals surface area contributed by atoms with Crippen LogP contribution < -0.4 is 0 Å². The zero-order valence-corrected chi connectivity index (χ0v) is 24.4. The fourth-order valence-electron chi connectivity index (χ4n) is 8.92. The molecule has 5 aromatic rings. The summed E-state index contributed by atoms with van der Waals surface area (Å²) in [6.07, 6.45) is 13.0. The van der Waals surface area contributed by atoms with Crippen molar-refractivity contribution in [1.82, 2.24) is 0 Å². The van der Waals surface area contributed by atoms with Crippen LogP contribution in [0.2, 0.25) is 0 Å². The molecule has 0 bridgehead atoms. The topological polar surface area (TPSA) is 40.5 Å². The van der Waals surface area contributed by atoms with E-state index in [1.807, 2.05) is 12.1 Å². The van der Waals surface area contributed by atoms with Crippen LogP contribution >= 0.6 is 0 Å². The van der Waals surface area contributed by atoms with Crippen LogP contribution in [0.1, 0.15) is 109 Å². The van der Waals surface area contributed by atoms with E-state index in [-0.39, 0.29) is 0 Å². The highest BCUT2D eigenvalue weighted by atomic mass is 16.3. The Bertz CT molecular complexity index is 1740. The zero-order valence-electron chi connectivity index (χ0n) is 24.4. The number of benzene rings is 5. The Morgan fingerprint density at radius 3 is 1.62 bits per heavy atom. The minimum atomic E-state index is -0.434. The molecule has 0 amide bonds. The third-order valence-corrected chi connectivity index (χ3v) is 11.0. The smallest absolute Gasteiger partial charge is 0.119 e. The van der Waals surface area contributed by atoms with Crippen LogP contribution in [-0.2, 0) is 11.8 Å². The highest BCUT2D eigenvalue weighted by Gasteiger charge is 2.42. The molecule has 3 aliphatic rings. The lowest BCUT2D eigenvalue weighted by Crippen LogP contribution is -2.35. The molecule has 212 valence electrons. The normalized spacial score (nSPS) is 19.0. The van der Waals surface area contributed by atoms with Gasteiger partial charge in [0.15, 0.2) is 0 Å². The average molecular weight is 553 g/mol. The van der Waals surface area contributed by atoms with Gasteiger partial charge in [-0.05, 0) is 111 Å².